The molecule has 0 amide bonds. The average molecular weight is 196 g/mol. The van der Waals surface area contributed by atoms with E-state index in [1.807, 2.05) is 25.5 Å². The van der Waals surface area contributed by atoms with E-state index in [2.05, 4.69) is 5.10 Å². The van der Waals surface area contributed by atoms with E-state index in [1.54, 1.807) is 13.1 Å². The summed E-state index contributed by atoms with van der Waals surface area (Å²) in [5.74, 6) is -0.295. The molecular formula is C10H16N2O2. The van der Waals surface area contributed by atoms with Crippen LogP contribution in [0.15, 0.2) is 6.20 Å². The van der Waals surface area contributed by atoms with Crippen molar-refractivity contribution >= 4 is 5.97 Å². The van der Waals surface area contributed by atoms with Gasteiger partial charge in [0.2, 0.25) is 0 Å². The molecule has 1 aromatic heterocycles. The molecule has 14 heavy (non-hydrogen) atoms. The summed E-state index contributed by atoms with van der Waals surface area (Å²) in [6, 6.07) is 0.262. The lowest BCUT2D eigenvalue weighted by molar-refractivity contribution is 0.0525. The van der Waals surface area contributed by atoms with E-state index < -0.39 is 0 Å². The molecule has 0 radical (unpaired) electrons. The molecule has 0 saturated carbocycles. The predicted molar refractivity (Wildman–Crippen MR) is 53.3 cm³/mol. The van der Waals surface area contributed by atoms with Crippen LogP contribution in [0.5, 0.6) is 0 Å². The Labute approximate surface area is 83.9 Å². The minimum absolute atomic E-state index is 0.262. The van der Waals surface area contributed by atoms with Gasteiger partial charge in [-0.05, 0) is 27.7 Å². The zero-order valence-electron chi connectivity index (χ0n) is 9.07. The van der Waals surface area contributed by atoms with E-state index in [9.17, 15) is 4.79 Å². The Hall–Kier alpha value is -1.32. The Morgan fingerprint density at radius 2 is 2.29 bits per heavy atom. The predicted octanol–water partition coefficient (Wildman–Crippen LogP) is 1.95. The summed E-state index contributed by atoms with van der Waals surface area (Å²) in [7, 11) is 0. The van der Waals surface area contributed by atoms with Gasteiger partial charge in [0.15, 0.2) is 0 Å². The van der Waals surface area contributed by atoms with Crippen molar-refractivity contribution < 1.29 is 9.53 Å². The van der Waals surface area contributed by atoms with Crippen LogP contribution in [-0.4, -0.2) is 22.4 Å². The van der Waals surface area contributed by atoms with Crippen LogP contribution in [0.1, 0.15) is 42.9 Å². The highest BCUT2D eigenvalue weighted by atomic mass is 16.5. The van der Waals surface area contributed by atoms with Crippen LogP contribution in [0.2, 0.25) is 0 Å². The molecule has 78 valence electrons. The Kier molecular flexibility index (Phi) is 3.28. The molecule has 0 fully saturated rings. The van der Waals surface area contributed by atoms with E-state index in [0.29, 0.717) is 12.2 Å². The fourth-order valence-corrected chi connectivity index (χ4v) is 1.35. The zero-order valence-corrected chi connectivity index (χ0v) is 9.07. The molecule has 4 heteroatoms. The molecule has 1 heterocycles. The summed E-state index contributed by atoms with van der Waals surface area (Å²) in [6.07, 6.45) is 1.56. The minimum Gasteiger partial charge on any atom is -0.462 e. The van der Waals surface area contributed by atoms with Crippen molar-refractivity contribution in [1.29, 1.82) is 0 Å². The lowest BCUT2D eigenvalue weighted by Crippen LogP contribution is -2.09. The van der Waals surface area contributed by atoms with Crippen molar-refractivity contribution in [3.05, 3.63) is 17.5 Å². The first-order valence-corrected chi connectivity index (χ1v) is 4.79. The molecule has 0 aliphatic heterocycles. The fraction of sp³-hybridized carbons (Fsp3) is 0.600. The van der Waals surface area contributed by atoms with Crippen LogP contribution in [0.4, 0.5) is 0 Å². The summed E-state index contributed by atoms with van der Waals surface area (Å²) in [6.45, 7) is 8.11. The molecular weight excluding hydrogens is 180 g/mol. The smallest absolute Gasteiger partial charge is 0.341 e. The number of carbonyl (C=O) groups is 1. The number of nitrogens with zero attached hydrogens (tertiary/aromatic N) is 2. The van der Waals surface area contributed by atoms with Gasteiger partial charge in [-0.1, -0.05) is 0 Å². The normalized spacial score (nSPS) is 10.6. The van der Waals surface area contributed by atoms with Crippen LogP contribution in [0, 0.1) is 6.92 Å². The molecule has 4 nitrogen and oxygen atoms in total. The summed E-state index contributed by atoms with van der Waals surface area (Å²) in [4.78, 5) is 11.4. The first-order chi connectivity index (χ1) is 6.57. The molecule has 0 spiro atoms. The van der Waals surface area contributed by atoms with E-state index in [0.717, 1.165) is 5.69 Å². The molecule has 0 N–H and O–H groups in total. The van der Waals surface area contributed by atoms with Gasteiger partial charge in [0.1, 0.15) is 5.56 Å². The number of rotatable bonds is 3. The highest BCUT2D eigenvalue weighted by Gasteiger charge is 2.15. The van der Waals surface area contributed by atoms with Gasteiger partial charge in [-0.3, -0.25) is 4.68 Å². The lowest BCUT2D eigenvalue weighted by atomic mass is 10.2. The van der Waals surface area contributed by atoms with Crippen molar-refractivity contribution in [2.24, 2.45) is 0 Å². The number of carbonyl (C=O) groups excluding carboxylic acids is 1. The Bertz CT molecular complexity index is 329. The monoisotopic (exact) mass is 196 g/mol. The second-order valence-electron chi connectivity index (χ2n) is 3.40. The maximum Gasteiger partial charge on any atom is 0.341 e. The largest absolute Gasteiger partial charge is 0.462 e. The van der Waals surface area contributed by atoms with E-state index >= 15 is 0 Å². The summed E-state index contributed by atoms with van der Waals surface area (Å²) in [5.41, 5.74) is 1.42. The first-order valence-electron chi connectivity index (χ1n) is 4.79. The van der Waals surface area contributed by atoms with Crippen LogP contribution in [0.3, 0.4) is 0 Å². The molecule has 1 rings (SSSR count). The fourth-order valence-electron chi connectivity index (χ4n) is 1.35. The maximum atomic E-state index is 11.4. The van der Waals surface area contributed by atoms with Crippen molar-refractivity contribution in [1.82, 2.24) is 9.78 Å². The van der Waals surface area contributed by atoms with Crippen LogP contribution in [0.25, 0.3) is 0 Å². The maximum absolute atomic E-state index is 11.4. The quantitative estimate of drug-likeness (QED) is 0.694. The number of hydrogen-bond acceptors (Lipinski definition) is 3. The number of aromatic nitrogens is 2. The first kappa shape index (κ1) is 10.8. The SMILES string of the molecule is CCOC(=O)c1cnn(C(C)C)c1C. The third kappa shape index (κ3) is 1.95. The average Bonchev–Trinajstić information content (AvgIpc) is 2.47. The topological polar surface area (TPSA) is 44.1 Å². The van der Waals surface area contributed by atoms with Crippen LogP contribution < -0.4 is 0 Å². The summed E-state index contributed by atoms with van der Waals surface area (Å²) in [5, 5.41) is 4.13. The molecule has 0 unspecified atom stereocenters. The van der Waals surface area contributed by atoms with Crippen molar-refractivity contribution in [2.45, 2.75) is 33.7 Å². The van der Waals surface area contributed by atoms with Gasteiger partial charge in [-0.25, -0.2) is 4.79 Å². The molecule has 0 atom stereocenters. The molecule has 0 saturated heterocycles. The molecule has 0 aliphatic carbocycles. The van der Waals surface area contributed by atoms with Crippen LogP contribution in [-0.2, 0) is 4.74 Å². The lowest BCUT2D eigenvalue weighted by Gasteiger charge is -2.08. The standard InChI is InChI=1S/C10H16N2O2/c1-5-14-10(13)9-6-11-12(7(2)3)8(9)4/h6-7H,5H2,1-4H3. The van der Waals surface area contributed by atoms with Gasteiger partial charge in [-0.2, -0.15) is 5.10 Å². The van der Waals surface area contributed by atoms with Gasteiger partial charge in [0.25, 0.3) is 0 Å². The number of esters is 1. The van der Waals surface area contributed by atoms with Crippen molar-refractivity contribution in [3.63, 3.8) is 0 Å². The minimum atomic E-state index is -0.295. The van der Waals surface area contributed by atoms with Gasteiger partial charge in [-0.15, -0.1) is 0 Å². The number of ether oxygens (including phenoxy) is 1. The van der Waals surface area contributed by atoms with Gasteiger partial charge < -0.3 is 4.74 Å². The summed E-state index contributed by atoms with van der Waals surface area (Å²) >= 11 is 0. The van der Waals surface area contributed by atoms with Gasteiger partial charge in [0, 0.05) is 6.04 Å². The summed E-state index contributed by atoms with van der Waals surface area (Å²) < 4.78 is 6.72. The Balaban J connectivity index is 2.95. The second kappa shape index (κ2) is 4.26. The highest BCUT2D eigenvalue weighted by Crippen LogP contribution is 2.13. The Morgan fingerprint density at radius 3 is 2.71 bits per heavy atom. The van der Waals surface area contributed by atoms with Gasteiger partial charge >= 0.3 is 5.97 Å². The third-order valence-electron chi connectivity index (χ3n) is 2.03. The second-order valence-corrected chi connectivity index (χ2v) is 3.40. The van der Waals surface area contributed by atoms with E-state index in [4.69, 9.17) is 4.74 Å². The van der Waals surface area contributed by atoms with Crippen molar-refractivity contribution in [3.8, 4) is 0 Å². The van der Waals surface area contributed by atoms with Crippen molar-refractivity contribution in [2.75, 3.05) is 6.61 Å². The third-order valence-corrected chi connectivity index (χ3v) is 2.03. The van der Waals surface area contributed by atoms with Crippen LogP contribution >= 0.6 is 0 Å². The number of hydrogen-bond donors (Lipinski definition) is 0. The van der Waals surface area contributed by atoms with Gasteiger partial charge in [0.05, 0.1) is 18.5 Å². The Morgan fingerprint density at radius 1 is 1.64 bits per heavy atom. The van der Waals surface area contributed by atoms with E-state index in [-0.39, 0.29) is 12.0 Å². The molecule has 0 bridgehead atoms. The molecule has 0 aliphatic rings. The molecule has 0 aromatic carbocycles. The highest BCUT2D eigenvalue weighted by molar-refractivity contribution is 5.90. The zero-order chi connectivity index (χ0) is 10.7. The van der Waals surface area contributed by atoms with E-state index in [1.165, 1.54) is 0 Å². The molecule has 1 aromatic rings.